The highest BCUT2D eigenvalue weighted by atomic mass is 16.5. The van der Waals surface area contributed by atoms with Crippen LogP contribution in [-0.2, 0) is 9.53 Å². The average Bonchev–Trinajstić information content (AvgIpc) is 1.88. The number of methoxy groups -OCH3 is 1. The molecule has 0 aromatic rings. The summed E-state index contributed by atoms with van der Waals surface area (Å²) < 4.78 is 5.08. The van der Waals surface area contributed by atoms with Crippen molar-refractivity contribution in [1.29, 1.82) is 0 Å². The SMILES string of the molecule is CCCC(C)C(OC)C(C)=O. The molecule has 0 bridgehead atoms. The summed E-state index contributed by atoms with van der Waals surface area (Å²) >= 11 is 0. The third-order valence-corrected chi connectivity index (χ3v) is 1.92. The highest BCUT2D eigenvalue weighted by molar-refractivity contribution is 5.80. The monoisotopic (exact) mass is 158 g/mol. The predicted molar refractivity (Wildman–Crippen MR) is 45.6 cm³/mol. The first kappa shape index (κ1) is 10.6. The minimum Gasteiger partial charge on any atom is -0.373 e. The zero-order valence-corrected chi connectivity index (χ0v) is 7.89. The number of hydrogen-bond acceptors (Lipinski definition) is 2. The van der Waals surface area contributed by atoms with Crippen molar-refractivity contribution in [3.63, 3.8) is 0 Å². The van der Waals surface area contributed by atoms with Crippen molar-refractivity contribution >= 4 is 5.78 Å². The summed E-state index contributed by atoms with van der Waals surface area (Å²) in [4.78, 5) is 11.0. The van der Waals surface area contributed by atoms with Crippen LogP contribution in [0.5, 0.6) is 0 Å². The van der Waals surface area contributed by atoms with E-state index in [-0.39, 0.29) is 11.9 Å². The minimum atomic E-state index is -0.199. The van der Waals surface area contributed by atoms with Gasteiger partial charge in [0.2, 0.25) is 0 Å². The van der Waals surface area contributed by atoms with Gasteiger partial charge < -0.3 is 4.74 Å². The van der Waals surface area contributed by atoms with Gasteiger partial charge in [-0.05, 0) is 19.3 Å². The number of rotatable bonds is 5. The van der Waals surface area contributed by atoms with Crippen LogP contribution in [0.1, 0.15) is 33.6 Å². The Hall–Kier alpha value is -0.370. The van der Waals surface area contributed by atoms with Crippen LogP contribution in [-0.4, -0.2) is 19.0 Å². The van der Waals surface area contributed by atoms with Gasteiger partial charge in [-0.2, -0.15) is 0 Å². The molecule has 0 aliphatic carbocycles. The predicted octanol–water partition coefficient (Wildman–Crippen LogP) is 2.03. The van der Waals surface area contributed by atoms with E-state index in [4.69, 9.17) is 4.74 Å². The van der Waals surface area contributed by atoms with Gasteiger partial charge in [0.25, 0.3) is 0 Å². The number of hydrogen-bond donors (Lipinski definition) is 0. The number of carbonyl (C=O) groups is 1. The van der Waals surface area contributed by atoms with Gasteiger partial charge in [0.15, 0.2) is 5.78 Å². The molecule has 0 saturated carbocycles. The lowest BCUT2D eigenvalue weighted by Gasteiger charge is -2.18. The number of Topliss-reactive ketones (excluding diaryl/α,β-unsaturated/α-hetero) is 1. The van der Waals surface area contributed by atoms with Crippen molar-refractivity contribution in [1.82, 2.24) is 0 Å². The highest BCUT2D eigenvalue weighted by Gasteiger charge is 2.19. The van der Waals surface area contributed by atoms with Crippen LogP contribution in [0.2, 0.25) is 0 Å². The van der Waals surface area contributed by atoms with Gasteiger partial charge in [0.05, 0.1) is 0 Å². The lowest BCUT2D eigenvalue weighted by atomic mass is 9.97. The van der Waals surface area contributed by atoms with E-state index in [9.17, 15) is 4.79 Å². The molecule has 0 aliphatic heterocycles. The number of ketones is 1. The Bertz CT molecular complexity index is 121. The van der Waals surface area contributed by atoms with Gasteiger partial charge >= 0.3 is 0 Å². The molecular formula is C9H18O2. The molecule has 2 atom stereocenters. The molecular weight excluding hydrogens is 140 g/mol. The average molecular weight is 158 g/mol. The van der Waals surface area contributed by atoms with Gasteiger partial charge in [0, 0.05) is 7.11 Å². The Morgan fingerprint density at radius 3 is 2.36 bits per heavy atom. The Morgan fingerprint density at radius 2 is 2.09 bits per heavy atom. The molecule has 11 heavy (non-hydrogen) atoms. The van der Waals surface area contributed by atoms with E-state index in [0.717, 1.165) is 12.8 Å². The molecule has 0 aromatic heterocycles. The van der Waals surface area contributed by atoms with Crippen LogP contribution >= 0.6 is 0 Å². The topological polar surface area (TPSA) is 26.3 Å². The maximum atomic E-state index is 11.0. The molecule has 0 radical (unpaired) electrons. The number of ether oxygens (including phenoxy) is 1. The van der Waals surface area contributed by atoms with E-state index in [1.54, 1.807) is 14.0 Å². The Kier molecular flexibility index (Phi) is 5.12. The molecule has 0 heterocycles. The zero-order chi connectivity index (χ0) is 8.85. The second-order valence-electron chi connectivity index (χ2n) is 3.03. The van der Waals surface area contributed by atoms with Gasteiger partial charge in [-0.15, -0.1) is 0 Å². The molecule has 0 aromatic carbocycles. The van der Waals surface area contributed by atoms with Gasteiger partial charge in [0.1, 0.15) is 6.10 Å². The fraction of sp³-hybridized carbons (Fsp3) is 0.889. The Labute approximate surface area is 68.9 Å². The fourth-order valence-corrected chi connectivity index (χ4v) is 1.41. The molecule has 0 saturated heterocycles. The third kappa shape index (κ3) is 3.51. The summed E-state index contributed by atoms with van der Waals surface area (Å²) in [5.74, 6) is 0.482. The summed E-state index contributed by atoms with van der Waals surface area (Å²) in [6, 6.07) is 0. The molecule has 2 nitrogen and oxygen atoms in total. The molecule has 0 aliphatic rings. The summed E-state index contributed by atoms with van der Waals surface area (Å²) in [5, 5.41) is 0. The van der Waals surface area contributed by atoms with Crippen molar-refractivity contribution < 1.29 is 9.53 Å². The first-order valence-corrected chi connectivity index (χ1v) is 4.16. The largest absolute Gasteiger partial charge is 0.373 e. The lowest BCUT2D eigenvalue weighted by molar-refractivity contribution is -0.129. The van der Waals surface area contributed by atoms with E-state index in [2.05, 4.69) is 13.8 Å². The molecule has 0 rings (SSSR count). The van der Waals surface area contributed by atoms with Crippen molar-refractivity contribution in [2.75, 3.05) is 7.11 Å². The quantitative estimate of drug-likeness (QED) is 0.612. The molecule has 0 N–H and O–H groups in total. The van der Waals surface area contributed by atoms with Gasteiger partial charge in [-0.3, -0.25) is 4.79 Å². The second kappa shape index (κ2) is 5.30. The van der Waals surface area contributed by atoms with E-state index < -0.39 is 0 Å². The second-order valence-corrected chi connectivity index (χ2v) is 3.03. The smallest absolute Gasteiger partial charge is 0.158 e. The van der Waals surface area contributed by atoms with E-state index in [1.807, 2.05) is 0 Å². The number of carbonyl (C=O) groups excluding carboxylic acids is 1. The first-order chi connectivity index (χ1) is 5.13. The van der Waals surface area contributed by atoms with Gasteiger partial charge in [-0.25, -0.2) is 0 Å². The van der Waals surface area contributed by atoms with Crippen LogP contribution in [0.15, 0.2) is 0 Å². The summed E-state index contributed by atoms with van der Waals surface area (Å²) in [5.41, 5.74) is 0. The standard InChI is InChI=1S/C9H18O2/c1-5-6-7(2)9(11-4)8(3)10/h7,9H,5-6H2,1-4H3. The maximum absolute atomic E-state index is 11.0. The van der Waals surface area contributed by atoms with Crippen molar-refractivity contribution in [2.24, 2.45) is 5.92 Å². The van der Waals surface area contributed by atoms with E-state index >= 15 is 0 Å². The molecule has 2 heteroatoms. The van der Waals surface area contributed by atoms with Crippen molar-refractivity contribution in [3.05, 3.63) is 0 Å². The fourth-order valence-electron chi connectivity index (χ4n) is 1.41. The molecule has 66 valence electrons. The maximum Gasteiger partial charge on any atom is 0.158 e. The van der Waals surface area contributed by atoms with E-state index in [0.29, 0.717) is 5.92 Å². The van der Waals surface area contributed by atoms with Crippen LogP contribution in [0.25, 0.3) is 0 Å². The molecule has 0 fully saturated rings. The molecule has 2 unspecified atom stereocenters. The lowest BCUT2D eigenvalue weighted by Crippen LogP contribution is -2.27. The van der Waals surface area contributed by atoms with Crippen molar-refractivity contribution in [3.8, 4) is 0 Å². The summed E-state index contributed by atoms with van der Waals surface area (Å²) in [6.45, 7) is 5.75. The normalized spacial score (nSPS) is 16.0. The Morgan fingerprint density at radius 1 is 1.55 bits per heavy atom. The molecule has 0 amide bonds. The molecule has 0 spiro atoms. The van der Waals surface area contributed by atoms with Crippen LogP contribution in [0.3, 0.4) is 0 Å². The van der Waals surface area contributed by atoms with E-state index in [1.165, 1.54) is 0 Å². The minimum absolute atomic E-state index is 0.133. The van der Waals surface area contributed by atoms with Crippen LogP contribution in [0.4, 0.5) is 0 Å². The van der Waals surface area contributed by atoms with Crippen LogP contribution in [0, 0.1) is 5.92 Å². The van der Waals surface area contributed by atoms with Gasteiger partial charge in [-0.1, -0.05) is 20.3 Å². The summed E-state index contributed by atoms with van der Waals surface area (Å²) in [6.07, 6.45) is 1.96. The zero-order valence-electron chi connectivity index (χ0n) is 7.89. The summed E-state index contributed by atoms with van der Waals surface area (Å²) in [7, 11) is 1.60. The van der Waals surface area contributed by atoms with Crippen LogP contribution < -0.4 is 0 Å². The van der Waals surface area contributed by atoms with Crippen molar-refractivity contribution in [2.45, 2.75) is 39.7 Å². The third-order valence-electron chi connectivity index (χ3n) is 1.92. The first-order valence-electron chi connectivity index (χ1n) is 4.16. The Balaban J connectivity index is 3.91. The highest BCUT2D eigenvalue weighted by Crippen LogP contribution is 2.13.